The van der Waals surface area contributed by atoms with Crippen LogP contribution in [0.4, 0.5) is 5.69 Å². The summed E-state index contributed by atoms with van der Waals surface area (Å²) in [6, 6.07) is 16.7. The quantitative estimate of drug-likeness (QED) is 0.232. The Hall–Kier alpha value is -2.29. The number of nitrogens with two attached hydrogens (primary N) is 1. The Morgan fingerprint density at radius 2 is 1.78 bits per heavy atom. The molecule has 27 heavy (non-hydrogen) atoms. The van der Waals surface area contributed by atoms with Crippen molar-refractivity contribution in [2.24, 2.45) is 10.7 Å². The van der Waals surface area contributed by atoms with Crippen molar-refractivity contribution in [3.8, 4) is 5.75 Å². The second-order valence-electron chi connectivity index (χ2n) is 6.06. The minimum Gasteiger partial charge on any atom is -0.491 e. The number of ether oxygens (including phenoxy) is 1. The number of carbonyl (C=O) groups is 1. The molecule has 0 aromatic heterocycles. The van der Waals surface area contributed by atoms with Gasteiger partial charge in [0.2, 0.25) is 0 Å². The molecule has 0 radical (unpaired) electrons. The maximum absolute atomic E-state index is 11.9. The number of nitrogens with zero attached hydrogens (tertiary/aromatic N) is 1. The number of anilines is 1. The Bertz CT molecular complexity index is 719. The van der Waals surface area contributed by atoms with Gasteiger partial charge in [0.25, 0.3) is 5.91 Å². The van der Waals surface area contributed by atoms with Crippen LogP contribution in [0.2, 0.25) is 0 Å². The highest BCUT2D eigenvalue weighted by atomic mass is 127. The van der Waals surface area contributed by atoms with E-state index in [9.17, 15) is 4.79 Å². The van der Waals surface area contributed by atoms with E-state index < -0.39 is 0 Å². The van der Waals surface area contributed by atoms with Crippen molar-refractivity contribution < 1.29 is 9.53 Å². The van der Waals surface area contributed by atoms with Gasteiger partial charge in [-0.1, -0.05) is 18.2 Å². The monoisotopic (exact) mass is 482 g/mol. The number of guanidine groups is 1. The molecule has 0 aliphatic rings. The zero-order valence-corrected chi connectivity index (χ0v) is 18.0. The first-order chi connectivity index (χ1) is 12.5. The second-order valence-corrected chi connectivity index (χ2v) is 6.06. The summed E-state index contributed by atoms with van der Waals surface area (Å²) in [5.41, 5.74) is 7.38. The molecular weight excluding hydrogens is 455 g/mol. The Kier molecular flexibility index (Phi) is 10.2. The highest BCUT2D eigenvalue weighted by Crippen LogP contribution is 2.16. The lowest BCUT2D eigenvalue weighted by atomic mass is 10.2. The Labute approximate surface area is 177 Å². The number of hydrogen-bond acceptors (Lipinski definition) is 3. The summed E-state index contributed by atoms with van der Waals surface area (Å²) in [6.07, 6.45) is 0.852. The molecule has 0 bridgehead atoms. The third kappa shape index (κ3) is 8.76. The number of amides is 1. The Morgan fingerprint density at radius 1 is 1.11 bits per heavy atom. The zero-order chi connectivity index (χ0) is 18.8. The Balaban J connectivity index is 0.00000364. The van der Waals surface area contributed by atoms with Crippen LogP contribution in [0.25, 0.3) is 0 Å². The number of hydrogen-bond donors (Lipinski definition) is 3. The molecule has 0 aliphatic heterocycles. The van der Waals surface area contributed by atoms with Gasteiger partial charge in [0.1, 0.15) is 5.75 Å². The predicted molar refractivity (Wildman–Crippen MR) is 121 cm³/mol. The van der Waals surface area contributed by atoms with Crippen molar-refractivity contribution in [2.45, 2.75) is 26.4 Å². The van der Waals surface area contributed by atoms with Gasteiger partial charge in [0.15, 0.2) is 5.96 Å². The lowest BCUT2D eigenvalue weighted by molar-refractivity contribution is 0.0953. The molecule has 4 N–H and O–H groups in total. The van der Waals surface area contributed by atoms with E-state index in [0.717, 1.165) is 11.4 Å². The number of halogens is 1. The molecule has 0 atom stereocenters. The van der Waals surface area contributed by atoms with E-state index in [4.69, 9.17) is 10.5 Å². The molecule has 2 aromatic rings. The second kappa shape index (κ2) is 12.2. The van der Waals surface area contributed by atoms with Crippen molar-refractivity contribution in [3.63, 3.8) is 0 Å². The van der Waals surface area contributed by atoms with Crippen LogP contribution in [-0.2, 0) is 0 Å². The Morgan fingerprint density at radius 3 is 2.41 bits per heavy atom. The van der Waals surface area contributed by atoms with E-state index in [0.29, 0.717) is 31.0 Å². The maximum atomic E-state index is 11.9. The molecule has 0 saturated heterocycles. The first-order valence-electron chi connectivity index (χ1n) is 8.71. The minimum atomic E-state index is -0.0793. The molecule has 146 valence electrons. The summed E-state index contributed by atoms with van der Waals surface area (Å²) in [5, 5.41) is 5.89. The topological polar surface area (TPSA) is 88.7 Å². The molecule has 0 unspecified atom stereocenters. The standard InChI is InChI=1S/C20H26N4O2.HI/c1-15(2)26-18-11-9-17(10-12-18)24-20(21)23-14-6-13-22-19(25)16-7-4-3-5-8-16;/h3-5,7-12,15H,6,13-14H2,1-2H3,(H,22,25)(H3,21,23,24);1H. The lowest BCUT2D eigenvalue weighted by Crippen LogP contribution is -2.26. The van der Waals surface area contributed by atoms with Gasteiger partial charge in [-0.3, -0.25) is 9.79 Å². The summed E-state index contributed by atoms with van der Waals surface area (Å²) in [5.74, 6) is 1.08. The van der Waals surface area contributed by atoms with Gasteiger partial charge in [-0.05, 0) is 56.7 Å². The predicted octanol–water partition coefficient (Wildman–Crippen LogP) is 3.64. The fraction of sp³-hybridized carbons (Fsp3) is 0.300. The molecule has 2 aromatic carbocycles. The zero-order valence-electron chi connectivity index (χ0n) is 15.6. The van der Waals surface area contributed by atoms with Crippen LogP contribution in [0, 0.1) is 0 Å². The first-order valence-corrected chi connectivity index (χ1v) is 8.71. The average Bonchev–Trinajstić information content (AvgIpc) is 2.63. The van der Waals surface area contributed by atoms with Gasteiger partial charge >= 0.3 is 0 Å². The van der Waals surface area contributed by atoms with Gasteiger partial charge in [0, 0.05) is 24.3 Å². The maximum Gasteiger partial charge on any atom is 0.251 e. The van der Waals surface area contributed by atoms with Crippen molar-refractivity contribution in [2.75, 3.05) is 18.4 Å². The summed E-state index contributed by atoms with van der Waals surface area (Å²) >= 11 is 0. The molecule has 0 spiro atoms. The SMILES string of the molecule is CC(C)Oc1ccc(NC(N)=NCCCNC(=O)c2ccccc2)cc1.I. The number of rotatable bonds is 8. The molecule has 2 rings (SSSR count). The molecule has 1 amide bonds. The fourth-order valence-corrected chi connectivity index (χ4v) is 2.25. The van der Waals surface area contributed by atoms with Crippen LogP contribution in [0.3, 0.4) is 0 Å². The molecule has 0 heterocycles. The summed E-state index contributed by atoms with van der Waals surface area (Å²) in [4.78, 5) is 16.1. The van der Waals surface area contributed by atoms with E-state index >= 15 is 0 Å². The summed E-state index contributed by atoms with van der Waals surface area (Å²) < 4.78 is 5.59. The number of benzene rings is 2. The molecular formula is C20H27IN4O2. The van der Waals surface area contributed by atoms with Crippen LogP contribution >= 0.6 is 24.0 Å². The summed E-state index contributed by atoms with van der Waals surface area (Å²) in [6.45, 7) is 5.05. The molecule has 0 saturated carbocycles. The molecule has 7 heteroatoms. The number of carbonyl (C=O) groups excluding carboxylic acids is 1. The van der Waals surface area contributed by atoms with Crippen molar-refractivity contribution >= 4 is 41.5 Å². The van der Waals surface area contributed by atoms with E-state index in [1.54, 1.807) is 12.1 Å². The number of aliphatic imine (C=N–C) groups is 1. The van der Waals surface area contributed by atoms with Crippen LogP contribution in [0.5, 0.6) is 5.75 Å². The minimum absolute atomic E-state index is 0. The van der Waals surface area contributed by atoms with E-state index in [1.165, 1.54) is 0 Å². The van der Waals surface area contributed by atoms with Crippen LogP contribution in [0.1, 0.15) is 30.6 Å². The van der Waals surface area contributed by atoms with Crippen molar-refractivity contribution in [1.29, 1.82) is 0 Å². The molecule has 0 aliphatic carbocycles. The van der Waals surface area contributed by atoms with Gasteiger partial charge < -0.3 is 21.1 Å². The largest absolute Gasteiger partial charge is 0.491 e. The van der Waals surface area contributed by atoms with Crippen LogP contribution in [0.15, 0.2) is 59.6 Å². The highest BCUT2D eigenvalue weighted by molar-refractivity contribution is 14.0. The lowest BCUT2D eigenvalue weighted by Gasteiger charge is -2.11. The third-order valence-electron chi connectivity index (χ3n) is 3.44. The summed E-state index contributed by atoms with van der Waals surface area (Å²) in [7, 11) is 0. The fourth-order valence-electron chi connectivity index (χ4n) is 2.25. The van der Waals surface area contributed by atoms with E-state index in [2.05, 4.69) is 15.6 Å². The van der Waals surface area contributed by atoms with Crippen molar-refractivity contribution in [3.05, 3.63) is 60.2 Å². The molecule has 6 nitrogen and oxygen atoms in total. The molecule has 0 fully saturated rings. The highest BCUT2D eigenvalue weighted by Gasteiger charge is 2.03. The van der Waals surface area contributed by atoms with Gasteiger partial charge in [0.05, 0.1) is 6.10 Å². The van der Waals surface area contributed by atoms with E-state index in [-0.39, 0.29) is 36.0 Å². The van der Waals surface area contributed by atoms with E-state index in [1.807, 2.05) is 56.3 Å². The number of nitrogens with one attached hydrogen (secondary N) is 2. The van der Waals surface area contributed by atoms with Crippen molar-refractivity contribution in [1.82, 2.24) is 5.32 Å². The van der Waals surface area contributed by atoms with Gasteiger partial charge in [-0.2, -0.15) is 0 Å². The first kappa shape index (κ1) is 22.8. The third-order valence-corrected chi connectivity index (χ3v) is 3.44. The smallest absolute Gasteiger partial charge is 0.251 e. The van der Waals surface area contributed by atoms with Gasteiger partial charge in [-0.15, -0.1) is 24.0 Å². The average molecular weight is 482 g/mol. The van der Waals surface area contributed by atoms with Crippen LogP contribution < -0.4 is 21.1 Å². The normalized spacial score (nSPS) is 10.9. The van der Waals surface area contributed by atoms with Crippen LogP contribution in [-0.4, -0.2) is 31.1 Å². The van der Waals surface area contributed by atoms with Gasteiger partial charge in [-0.25, -0.2) is 0 Å².